The number of hydrogen-bond donors (Lipinski definition) is 1. The molecule has 5 nitrogen and oxygen atoms in total. The van der Waals surface area contributed by atoms with Gasteiger partial charge in [0.15, 0.2) is 0 Å². The van der Waals surface area contributed by atoms with Crippen LogP contribution < -0.4 is 10.1 Å². The predicted octanol–water partition coefficient (Wildman–Crippen LogP) is 4.46. The van der Waals surface area contributed by atoms with E-state index in [-0.39, 0.29) is 12.0 Å². The van der Waals surface area contributed by atoms with Crippen LogP contribution in [0.15, 0.2) is 54.3 Å². The van der Waals surface area contributed by atoms with Crippen molar-refractivity contribution in [3.63, 3.8) is 0 Å². The Morgan fingerprint density at radius 3 is 2.81 bits per heavy atom. The van der Waals surface area contributed by atoms with Crippen molar-refractivity contribution in [3.8, 4) is 16.3 Å². The van der Waals surface area contributed by atoms with E-state index in [0.29, 0.717) is 18.0 Å². The minimum atomic E-state index is -0.156. The van der Waals surface area contributed by atoms with E-state index in [0.717, 1.165) is 28.8 Å². The SMILES string of the molecule is O=C(NCc1cncc(-c2cccs2)c1)c1ccc(OC2CCCC2)nc1. The van der Waals surface area contributed by atoms with Crippen LogP contribution in [-0.4, -0.2) is 22.0 Å². The fourth-order valence-electron chi connectivity index (χ4n) is 3.21. The molecule has 4 rings (SSSR count). The molecule has 0 bridgehead atoms. The van der Waals surface area contributed by atoms with E-state index in [1.807, 2.05) is 17.6 Å². The van der Waals surface area contributed by atoms with E-state index < -0.39 is 0 Å². The average Bonchev–Trinajstić information content (AvgIpc) is 3.41. The predicted molar refractivity (Wildman–Crippen MR) is 106 cm³/mol. The van der Waals surface area contributed by atoms with Crippen molar-refractivity contribution in [2.24, 2.45) is 0 Å². The van der Waals surface area contributed by atoms with Gasteiger partial charge >= 0.3 is 0 Å². The zero-order valence-corrected chi connectivity index (χ0v) is 15.7. The Balaban J connectivity index is 1.34. The number of ether oxygens (including phenoxy) is 1. The Kier molecular flexibility index (Phi) is 5.44. The Morgan fingerprint density at radius 1 is 1.19 bits per heavy atom. The lowest BCUT2D eigenvalue weighted by molar-refractivity contribution is 0.0950. The zero-order valence-electron chi connectivity index (χ0n) is 14.9. The van der Waals surface area contributed by atoms with Crippen LogP contribution >= 0.6 is 11.3 Å². The highest BCUT2D eigenvalue weighted by Crippen LogP contribution is 2.24. The van der Waals surface area contributed by atoms with Gasteiger partial charge < -0.3 is 10.1 Å². The second-order valence-corrected chi connectivity index (χ2v) is 7.60. The van der Waals surface area contributed by atoms with Crippen LogP contribution in [0.4, 0.5) is 0 Å². The molecule has 1 N–H and O–H groups in total. The molecule has 1 amide bonds. The molecule has 1 aliphatic carbocycles. The van der Waals surface area contributed by atoms with Gasteiger partial charge in [-0.05, 0) is 54.8 Å². The molecule has 0 aromatic carbocycles. The van der Waals surface area contributed by atoms with Crippen molar-refractivity contribution in [1.29, 1.82) is 0 Å². The van der Waals surface area contributed by atoms with Crippen LogP contribution in [0.5, 0.6) is 5.88 Å². The number of carbonyl (C=O) groups is 1. The number of amides is 1. The third-order valence-corrected chi connectivity index (χ3v) is 5.56. The highest BCUT2D eigenvalue weighted by atomic mass is 32.1. The Hall–Kier alpha value is -2.73. The summed E-state index contributed by atoms with van der Waals surface area (Å²) < 4.78 is 5.84. The summed E-state index contributed by atoms with van der Waals surface area (Å²) >= 11 is 1.67. The molecule has 27 heavy (non-hydrogen) atoms. The maximum atomic E-state index is 12.4. The lowest BCUT2D eigenvalue weighted by atomic mass is 10.1. The molecule has 3 heterocycles. The molecule has 0 saturated heterocycles. The van der Waals surface area contributed by atoms with E-state index in [9.17, 15) is 4.79 Å². The third kappa shape index (κ3) is 4.52. The zero-order chi connectivity index (χ0) is 18.5. The van der Waals surface area contributed by atoms with Gasteiger partial charge in [0.1, 0.15) is 6.10 Å². The molecular formula is C21H21N3O2S. The van der Waals surface area contributed by atoms with Crippen LogP contribution in [0.1, 0.15) is 41.6 Å². The number of thiophene rings is 1. The molecule has 0 aliphatic heterocycles. The van der Waals surface area contributed by atoms with Gasteiger partial charge in [0.05, 0.1) is 5.56 Å². The fourth-order valence-corrected chi connectivity index (χ4v) is 3.92. The topological polar surface area (TPSA) is 64.1 Å². The molecule has 1 saturated carbocycles. The first-order chi connectivity index (χ1) is 13.3. The van der Waals surface area contributed by atoms with Gasteiger partial charge in [-0.3, -0.25) is 9.78 Å². The van der Waals surface area contributed by atoms with Crippen molar-refractivity contribution in [2.45, 2.75) is 38.3 Å². The summed E-state index contributed by atoms with van der Waals surface area (Å²) in [6.07, 6.45) is 10.0. The lowest BCUT2D eigenvalue weighted by Gasteiger charge is -2.12. The molecule has 0 atom stereocenters. The Labute approximate surface area is 162 Å². The van der Waals surface area contributed by atoms with Gasteiger partial charge in [0.25, 0.3) is 5.91 Å². The van der Waals surface area contributed by atoms with Crippen molar-refractivity contribution < 1.29 is 9.53 Å². The minimum Gasteiger partial charge on any atom is -0.474 e. The maximum absolute atomic E-state index is 12.4. The van der Waals surface area contributed by atoms with Crippen LogP contribution in [0.3, 0.4) is 0 Å². The van der Waals surface area contributed by atoms with E-state index in [4.69, 9.17) is 4.74 Å². The quantitative estimate of drug-likeness (QED) is 0.687. The van der Waals surface area contributed by atoms with Gasteiger partial charge in [-0.25, -0.2) is 4.98 Å². The van der Waals surface area contributed by atoms with Crippen LogP contribution in [-0.2, 0) is 6.54 Å². The summed E-state index contributed by atoms with van der Waals surface area (Å²) in [4.78, 5) is 22.1. The monoisotopic (exact) mass is 379 g/mol. The molecular weight excluding hydrogens is 358 g/mol. The summed E-state index contributed by atoms with van der Waals surface area (Å²) in [5, 5.41) is 4.96. The molecule has 138 valence electrons. The summed E-state index contributed by atoms with van der Waals surface area (Å²) in [7, 11) is 0. The molecule has 3 aromatic rings. The number of hydrogen-bond acceptors (Lipinski definition) is 5. The number of carbonyl (C=O) groups excluding carboxylic acids is 1. The van der Waals surface area contributed by atoms with Gasteiger partial charge in [-0.2, -0.15) is 0 Å². The van der Waals surface area contributed by atoms with E-state index in [2.05, 4.69) is 27.4 Å². The van der Waals surface area contributed by atoms with Crippen LogP contribution in [0.2, 0.25) is 0 Å². The van der Waals surface area contributed by atoms with Gasteiger partial charge in [0.2, 0.25) is 5.88 Å². The Morgan fingerprint density at radius 2 is 2.07 bits per heavy atom. The fraction of sp³-hybridized carbons (Fsp3) is 0.286. The number of rotatable bonds is 6. The van der Waals surface area contributed by atoms with Gasteiger partial charge in [0, 0.05) is 41.6 Å². The largest absolute Gasteiger partial charge is 0.474 e. The number of pyridine rings is 2. The second-order valence-electron chi connectivity index (χ2n) is 6.65. The van der Waals surface area contributed by atoms with Crippen LogP contribution in [0.25, 0.3) is 10.4 Å². The summed E-state index contributed by atoms with van der Waals surface area (Å²) in [5.41, 5.74) is 2.55. The smallest absolute Gasteiger partial charge is 0.253 e. The second kappa shape index (κ2) is 8.31. The number of nitrogens with zero attached hydrogens (tertiary/aromatic N) is 2. The van der Waals surface area contributed by atoms with Gasteiger partial charge in [-0.1, -0.05) is 6.07 Å². The molecule has 0 unspecified atom stereocenters. The standard InChI is InChI=1S/C21H21N3O2S/c25-21(16-7-8-20(23-14-16)26-18-4-1-2-5-18)24-12-15-10-17(13-22-11-15)19-6-3-9-27-19/h3,6-11,13-14,18H,1-2,4-5,12H2,(H,24,25). The van der Waals surface area contributed by atoms with E-state index in [1.165, 1.54) is 12.8 Å². The molecule has 1 aliphatic rings. The van der Waals surface area contributed by atoms with Crippen LogP contribution in [0, 0.1) is 0 Å². The lowest BCUT2D eigenvalue weighted by Crippen LogP contribution is -2.23. The molecule has 3 aromatic heterocycles. The molecule has 1 fully saturated rings. The van der Waals surface area contributed by atoms with E-state index in [1.54, 1.807) is 35.9 Å². The molecule has 6 heteroatoms. The normalized spacial score (nSPS) is 14.2. The summed E-state index contributed by atoms with van der Waals surface area (Å²) in [5.74, 6) is 0.433. The minimum absolute atomic E-state index is 0.156. The first-order valence-electron chi connectivity index (χ1n) is 9.16. The van der Waals surface area contributed by atoms with Crippen molar-refractivity contribution in [1.82, 2.24) is 15.3 Å². The maximum Gasteiger partial charge on any atom is 0.253 e. The van der Waals surface area contributed by atoms with E-state index >= 15 is 0 Å². The first-order valence-corrected chi connectivity index (χ1v) is 10.0. The Bertz CT molecular complexity index is 888. The summed E-state index contributed by atoms with van der Waals surface area (Å²) in [6, 6.07) is 9.65. The highest BCUT2D eigenvalue weighted by Gasteiger charge is 2.17. The van der Waals surface area contributed by atoms with Crippen molar-refractivity contribution in [2.75, 3.05) is 0 Å². The number of aromatic nitrogens is 2. The highest BCUT2D eigenvalue weighted by molar-refractivity contribution is 7.13. The van der Waals surface area contributed by atoms with Crippen molar-refractivity contribution in [3.05, 3.63) is 65.4 Å². The molecule has 0 radical (unpaired) electrons. The average molecular weight is 379 g/mol. The van der Waals surface area contributed by atoms with Gasteiger partial charge in [-0.15, -0.1) is 11.3 Å². The van der Waals surface area contributed by atoms with Crippen molar-refractivity contribution >= 4 is 17.2 Å². The first kappa shape index (κ1) is 17.7. The third-order valence-electron chi connectivity index (χ3n) is 4.64. The summed E-state index contributed by atoms with van der Waals surface area (Å²) in [6.45, 7) is 0.422. The number of nitrogens with one attached hydrogen (secondary N) is 1. The molecule has 0 spiro atoms.